The van der Waals surface area contributed by atoms with Crippen LogP contribution in [-0.4, -0.2) is 66.7 Å². The first-order valence-corrected chi connectivity index (χ1v) is 10.8. The lowest BCUT2D eigenvalue weighted by Crippen LogP contribution is -2.46. The number of aliphatic hydroxyl groups excluding tert-OH is 1. The maximum atomic E-state index is 12.3. The molecule has 2 aliphatic rings. The Morgan fingerprint density at radius 3 is 2.30 bits per heavy atom. The largest absolute Gasteiger partial charge is 0.480 e. The Kier molecular flexibility index (Phi) is 6.90. The zero-order chi connectivity index (χ0) is 23.4. The number of amides is 2. The quantitative estimate of drug-likeness (QED) is 0.475. The molecular formula is C24H26N2O7. The molecule has 1 fully saturated rings. The third-order valence-electron chi connectivity index (χ3n) is 6.07. The van der Waals surface area contributed by atoms with Crippen LogP contribution >= 0.6 is 0 Å². The van der Waals surface area contributed by atoms with Gasteiger partial charge in [0.05, 0.1) is 25.2 Å². The third kappa shape index (κ3) is 4.99. The van der Waals surface area contributed by atoms with Gasteiger partial charge < -0.3 is 30.3 Å². The zero-order valence-corrected chi connectivity index (χ0v) is 17.9. The van der Waals surface area contributed by atoms with E-state index in [4.69, 9.17) is 19.7 Å². The van der Waals surface area contributed by atoms with Gasteiger partial charge in [-0.1, -0.05) is 48.5 Å². The van der Waals surface area contributed by atoms with Gasteiger partial charge in [-0.25, -0.2) is 9.59 Å². The molecule has 9 heteroatoms. The van der Waals surface area contributed by atoms with Crippen LogP contribution in [0.2, 0.25) is 0 Å². The Balaban J connectivity index is 1.25. The summed E-state index contributed by atoms with van der Waals surface area (Å²) in [4.78, 5) is 35.4. The van der Waals surface area contributed by atoms with Crippen LogP contribution in [0.25, 0.3) is 11.1 Å². The minimum absolute atomic E-state index is 0.0346. The molecule has 2 aromatic rings. The van der Waals surface area contributed by atoms with Crippen molar-refractivity contribution >= 4 is 18.0 Å². The van der Waals surface area contributed by atoms with Crippen molar-refractivity contribution in [2.45, 2.75) is 24.5 Å². The first-order valence-electron chi connectivity index (χ1n) is 10.8. The molecular weight excluding hydrogens is 428 g/mol. The molecule has 1 saturated heterocycles. The number of nitrogens with one attached hydrogen (secondary N) is 2. The number of rotatable bonds is 8. The number of carbonyl (C=O) groups is 3. The van der Waals surface area contributed by atoms with Gasteiger partial charge in [-0.05, 0) is 28.7 Å². The van der Waals surface area contributed by atoms with E-state index in [1.54, 1.807) is 0 Å². The smallest absolute Gasteiger partial charge is 0.407 e. The molecule has 9 nitrogen and oxygen atoms in total. The monoisotopic (exact) mass is 454 g/mol. The summed E-state index contributed by atoms with van der Waals surface area (Å²) in [5.41, 5.74) is 4.55. The first-order chi connectivity index (χ1) is 16.0. The highest BCUT2D eigenvalue weighted by Crippen LogP contribution is 2.44. The number of carboxylic acid groups (broad SMARTS) is 1. The van der Waals surface area contributed by atoms with Gasteiger partial charge in [0.1, 0.15) is 12.6 Å². The Bertz CT molecular complexity index is 995. The number of carboxylic acids is 1. The summed E-state index contributed by atoms with van der Waals surface area (Å²) < 4.78 is 11.0. The molecule has 0 spiro atoms. The molecule has 1 aliphatic heterocycles. The summed E-state index contributed by atoms with van der Waals surface area (Å²) >= 11 is 0. The lowest BCUT2D eigenvalue weighted by atomic mass is 9.98. The van der Waals surface area contributed by atoms with E-state index in [0.29, 0.717) is 6.42 Å². The van der Waals surface area contributed by atoms with Gasteiger partial charge in [-0.3, -0.25) is 4.79 Å². The first kappa shape index (κ1) is 22.8. The number of aliphatic carboxylic acids is 1. The summed E-state index contributed by atoms with van der Waals surface area (Å²) in [6, 6.07) is 14.8. The summed E-state index contributed by atoms with van der Waals surface area (Å²) in [6.07, 6.45) is -0.633. The van der Waals surface area contributed by atoms with Gasteiger partial charge in [0.15, 0.2) is 0 Å². The van der Waals surface area contributed by atoms with Crippen molar-refractivity contribution in [1.82, 2.24) is 10.6 Å². The van der Waals surface area contributed by atoms with Crippen molar-refractivity contribution in [3.63, 3.8) is 0 Å². The topological polar surface area (TPSA) is 134 Å². The van der Waals surface area contributed by atoms with Crippen LogP contribution in [0.1, 0.15) is 23.5 Å². The van der Waals surface area contributed by atoms with E-state index in [2.05, 4.69) is 22.8 Å². The van der Waals surface area contributed by atoms with Gasteiger partial charge in [-0.2, -0.15) is 0 Å². The average molecular weight is 454 g/mol. The Hall–Kier alpha value is -3.43. The van der Waals surface area contributed by atoms with E-state index in [-0.39, 0.29) is 25.7 Å². The lowest BCUT2D eigenvalue weighted by molar-refractivity contribution is -0.143. The normalized spacial score (nSPS) is 19.9. The second kappa shape index (κ2) is 10.0. The van der Waals surface area contributed by atoms with Crippen LogP contribution in [0.15, 0.2) is 48.5 Å². The van der Waals surface area contributed by atoms with E-state index < -0.39 is 42.6 Å². The molecule has 4 N–H and O–H groups in total. The van der Waals surface area contributed by atoms with Crippen molar-refractivity contribution < 1.29 is 34.1 Å². The van der Waals surface area contributed by atoms with E-state index in [0.717, 1.165) is 22.3 Å². The molecule has 1 heterocycles. The Morgan fingerprint density at radius 1 is 1.06 bits per heavy atom. The maximum absolute atomic E-state index is 12.3. The summed E-state index contributed by atoms with van der Waals surface area (Å²) in [7, 11) is 0. The SMILES string of the molecule is O=C(NCC1CC(C(=O)N[C@H](CO)C(=O)O)CO1)OCC1c2ccccc2-c2ccccc21. The number of benzene rings is 2. The number of alkyl carbamates (subject to hydrolysis) is 1. The number of fused-ring (bicyclic) bond motifs is 3. The van der Waals surface area contributed by atoms with Gasteiger partial charge in [0, 0.05) is 12.5 Å². The second-order valence-corrected chi connectivity index (χ2v) is 8.18. The molecule has 3 atom stereocenters. The average Bonchev–Trinajstić information content (AvgIpc) is 3.42. The molecule has 0 saturated carbocycles. The predicted octanol–water partition coefficient (Wildman–Crippen LogP) is 1.49. The molecule has 4 rings (SSSR count). The number of aliphatic hydroxyl groups is 1. The van der Waals surface area contributed by atoms with Crippen LogP contribution < -0.4 is 10.6 Å². The van der Waals surface area contributed by atoms with Gasteiger partial charge >= 0.3 is 12.1 Å². The Labute approximate surface area is 190 Å². The Morgan fingerprint density at radius 2 is 1.70 bits per heavy atom. The highest BCUT2D eigenvalue weighted by atomic mass is 16.5. The maximum Gasteiger partial charge on any atom is 0.407 e. The van der Waals surface area contributed by atoms with E-state index in [1.807, 2.05) is 36.4 Å². The van der Waals surface area contributed by atoms with Crippen LogP contribution in [0.5, 0.6) is 0 Å². The fourth-order valence-electron chi connectivity index (χ4n) is 4.35. The summed E-state index contributed by atoms with van der Waals surface area (Å²) in [5.74, 6) is -2.39. The van der Waals surface area contributed by atoms with Gasteiger partial charge in [0.25, 0.3) is 0 Å². The molecule has 2 aromatic carbocycles. The minimum atomic E-state index is -1.35. The molecule has 174 valence electrons. The van der Waals surface area contributed by atoms with E-state index >= 15 is 0 Å². The minimum Gasteiger partial charge on any atom is -0.480 e. The standard InChI is InChI=1S/C24H26N2O7/c27-11-21(23(29)30)26-22(28)14-9-15(32-12-14)10-25-24(31)33-13-20-18-7-3-1-5-16(18)17-6-2-4-8-19(17)20/h1-8,14-15,20-21,27H,9-13H2,(H,25,31)(H,26,28)(H,29,30)/t14?,15?,21-/m1/s1. The molecule has 0 bridgehead atoms. The highest BCUT2D eigenvalue weighted by Gasteiger charge is 2.33. The fraction of sp³-hybridized carbons (Fsp3) is 0.375. The van der Waals surface area contributed by atoms with Crippen molar-refractivity contribution in [1.29, 1.82) is 0 Å². The summed E-state index contributed by atoms with van der Waals surface area (Å²) in [6.45, 7) is -0.209. The van der Waals surface area contributed by atoms with E-state index in [9.17, 15) is 14.4 Å². The van der Waals surface area contributed by atoms with Crippen LogP contribution in [-0.2, 0) is 19.1 Å². The van der Waals surface area contributed by atoms with Gasteiger partial charge in [-0.15, -0.1) is 0 Å². The van der Waals surface area contributed by atoms with Crippen molar-refractivity contribution in [3.05, 3.63) is 59.7 Å². The number of ether oxygens (including phenoxy) is 2. The van der Waals surface area contributed by atoms with Crippen molar-refractivity contribution in [2.24, 2.45) is 5.92 Å². The van der Waals surface area contributed by atoms with Crippen LogP contribution in [0.4, 0.5) is 4.79 Å². The molecule has 2 amide bonds. The molecule has 1 aliphatic carbocycles. The fourth-order valence-corrected chi connectivity index (χ4v) is 4.35. The van der Waals surface area contributed by atoms with E-state index in [1.165, 1.54) is 0 Å². The predicted molar refractivity (Wildman–Crippen MR) is 118 cm³/mol. The lowest BCUT2D eigenvalue weighted by Gasteiger charge is -2.16. The van der Waals surface area contributed by atoms with Gasteiger partial charge in [0.2, 0.25) is 5.91 Å². The van der Waals surface area contributed by atoms with Crippen LogP contribution in [0.3, 0.4) is 0 Å². The molecule has 0 aromatic heterocycles. The third-order valence-corrected chi connectivity index (χ3v) is 6.07. The van der Waals surface area contributed by atoms with Crippen molar-refractivity contribution in [2.75, 3.05) is 26.4 Å². The molecule has 33 heavy (non-hydrogen) atoms. The zero-order valence-electron chi connectivity index (χ0n) is 17.9. The second-order valence-electron chi connectivity index (χ2n) is 8.18. The number of carbonyl (C=O) groups excluding carboxylic acids is 2. The van der Waals surface area contributed by atoms with Crippen molar-refractivity contribution in [3.8, 4) is 11.1 Å². The molecule has 2 unspecified atom stereocenters. The molecule has 0 radical (unpaired) electrons. The highest BCUT2D eigenvalue weighted by molar-refractivity contribution is 5.85. The number of hydrogen-bond acceptors (Lipinski definition) is 6. The number of hydrogen-bond donors (Lipinski definition) is 4. The van der Waals surface area contributed by atoms with Crippen LogP contribution in [0, 0.1) is 5.92 Å². The summed E-state index contributed by atoms with van der Waals surface area (Å²) in [5, 5.41) is 22.9.